The van der Waals surface area contributed by atoms with Crippen molar-refractivity contribution in [2.75, 3.05) is 6.61 Å². The van der Waals surface area contributed by atoms with Gasteiger partial charge in [-0.05, 0) is 38.7 Å². The molecule has 24 heavy (non-hydrogen) atoms. The average Bonchev–Trinajstić information content (AvgIpc) is 2.55. The van der Waals surface area contributed by atoms with Crippen LogP contribution in [0.5, 0.6) is 0 Å². The number of nitro benzene ring substituents is 1. The van der Waals surface area contributed by atoms with Crippen LogP contribution < -0.4 is 0 Å². The highest BCUT2D eigenvalue weighted by molar-refractivity contribution is 6.02. The molecular weight excluding hydrogens is 310 g/mol. The maximum absolute atomic E-state index is 12.4. The molecule has 0 heterocycles. The predicted molar refractivity (Wildman–Crippen MR) is 90.7 cm³/mol. The second-order valence-corrected chi connectivity index (χ2v) is 5.89. The molecule has 1 aromatic carbocycles. The van der Waals surface area contributed by atoms with Crippen molar-refractivity contribution in [3.05, 3.63) is 39.9 Å². The van der Waals surface area contributed by atoms with E-state index in [1.165, 1.54) is 19.1 Å². The Morgan fingerprint density at radius 3 is 2.25 bits per heavy atom. The molecule has 0 fully saturated rings. The van der Waals surface area contributed by atoms with Crippen LogP contribution in [0.3, 0.4) is 0 Å². The summed E-state index contributed by atoms with van der Waals surface area (Å²) in [5.74, 6) is -0.649. The zero-order chi connectivity index (χ0) is 18.2. The van der Waals surface area contributed by atoms with Crippen LogP contribution in [0.4, 0.5) is 5.69 Å². The number of benzene rings is 1. The van der Waals surface area contributed by atoms with E-state index in [9.17, 15) is 19.7 Å². The standard InChI is InChI=1S/C18H25NO5/c1-4-6-12-18(14(3)20,17(21)24-5-2)13-11-15-7-9-16(10-8-15)19(22)23/h7-10H,4-6,11-13H2,1-3H3/t18-/m1/s1. The molecule has 0 radical (unpaired) electrons. The van der Waals surface area contributed by atoms with Crippen molar-refractivity contribution in [3.8, 4) is 0 Å². The number of rotatable bonds is 10. The topological polar surface area (TPSA) is 86.5 Å². The molecule has 6 nitrogen and oxygen atoms in total. The van der Waals surface area contributed by atoms with Crippen molar-refractivity contribution in [2.45, 2.75) is 52.9 Å². The van der Waals surface area contributed by atoms with Gasteiger partial charge in [0.2, 0.25) is 0 Å². The molecule has 132 valence electrons. The minimum Gasteiger partial charge on any atom is -0.465 e. The van der Waals surface area contributed by atoms with E-state index in [1.807, 2.05) is 6.92 Å². The number of carbonyl (C=O) groups is 2. The van der Waals surface area contributed by atoms with Crippen LogP contribution in [0, 0.1) is 15.5 Å². The summed E-state index contributed by atoms with van der Waals surface area (Å²) in [4.78, 5) is 35.0. The van der Waals surface area contributed by atoms with E-state index in [4.69, 9.17) is 4.74 Å². The normalized spacial score (nSPS) is 13.1. The Bertz CT molecular complexity index is 582. The molecule has 1 rings (SSSR count). The van der Waals surface area contributed by atoms with E-state index in [-0.39, 0.29) is 18.1 Å². The minimum absolute atomic E-state index is 0.0213. The number of Topliss-reactive ketones (excluding diaryl/α,β-unsaturated/α-hetero) is 1. The monoisotopic (exact) mass is 335 g/mol. The number of esters is 1. The van der Waals surface area contributed by atoms with Gasteiger partial charge in [-0.15, -0.1) is 0 Å². The largest absolute Gasteiger partial charge is 0.465 e. The molecule has 0 saturated carbocycles. The number of non-ortho nitro benzene ring substituents is 1. The van der Waals surface area contributed by atoms with Gasteiger partial charge in [0.25, 0.3) is 5.69 Å². The summed E-state index contributed by atoms with van der Waals surface area (Å²) in [6.45, 7) is 5.39. The summed E-state index contributed by atoms with van der Waals surface area (Å²) in [6.07, 6.45) is 2.94. The Kier molecular flexibility index (Phi) is 7.55. The van der Waals surface area contributed by atoms with Crippen LogP contribution in [0.25, 0.3) is 0 Å². The Morgan fingerprint density at radius 2 is 1.79 bits per heavy atom. The fraction of sp³-hybridized carbons (Fsp3) is 0.556. The molecule has 0 aliphatic carbocycles. The van der Waals surface area contributed by atoms with E-state index in [0.717, 1.165) is 18.4 Å². The van der Waals surface area contributed by atoms with Gasteiger partial charge in [0.15, 0.2) is 0 Å². The van der Waals surface area contributed by atoms with Gasteiger partial charge in [-0.1, -0.05) is 31.9 Å². The molecular formula is C18H25NO5. The third-order valence-corrected chi connectivity index (χ3v) is 4.28. The Balaban J connectivity index is 2.96. The Hall–Kier alpha value is -2.24. The van der Waals surface area contributed by atoms with Gasteiger partial charge in [0.1, 0.15) is 11.2 Å². The zero-order valence-corrected chi connectivity index (χ0v) is 14.5. The van der Waals surface area contributed by atoms with Crippen LogP contribution in [0.2, 0.25) is 0 Å². The molecule has 0 amide bonds. The van der Waals surface area contributed by atoms with Gasteiger partial charge in [0, 0.05) is 12.1 Å². The summed E-state index contributed by atoms with van der Waals surface area (Å²) >= 11 is 0. The van der Waals surface area contributed by atoms with Gasteiger partial charge in [-0.2, -0.15) is 0 Å². The highest BCUT2D eigenvalue weighted by Gasteiger charge is 2.43. The minimum atomic E-state index is -1.13. The fourth-order valence-corrected chi connectivity index (χ4v) is 2.71. The summed E-state index contributed by atoms with van der Waals surface area (Å²) < 4.78 is 5.16. The Morgan fingerprint density at radius 1 is 1.17 bits per heavy atom. The summed E-state index contributed by atoms with van der Waals surface area (Å²) in [6, 6.07) is 6.18. The first-order valence-corrected chi connectivity index (χ1v) is 8.29. The molecule has 0 unspecified atom stereocenters. The SMILES string of the molecule is CCCC[C@@](CCc1ccc([N+](=O)[O-])cc1)(C(C)=O)C(=O)OCC. The molecule has 0 N–H and O–H groups in total. The van der Waals surface area contributed by atoms with Crippen LogP contribution in [0.1, 0.15) is 52.0 Å². The fourth-order valence-electron chi connectivity index (χ4n) is 2.71. The lowest BCUT2D eigenvalue weighted by Crippen LogP contribution is -2.40. The number of ether oxygens (including phenoxy) is 1. The first-order chi connectivity index (χ1) is 11.4. The number of carbonyl (C=O) groups excluding carboxylic acids is 2. The number of nitro groups is 1. The molecule has 0 spiro atoms. The van der Waals surface area contributed by atoms with E-state index >= 15 is 0 Å². The van der Waals surface area contributed by atoms with Gasteiger partial charge < -0.3 is 4.74 Å². The average molecular weight is 335 g/mol. The maximum Gasteiger partial charge on any atom is 0.319 e. The number of hydrogen-bond donors (Lipinski definition) is 0. The predicted octanol–water partition coefficient (Wildman–Crippen LogP) is 3.86. The number of aryl methyl sites for hydroxylation is 1. The summed E-state index contributed by atoms with van der Waals surface area (Å²) in [5, 5.41) is 10.7. The van der Waals surface area contributed by atoms with Gasteiger partial charge in [-0.3, -0.25) is 19.7 Å². The molecule has 0 bridgehead atoms. The lowest BCUT2D eigenvalue weighted by Gasteiger charge is -2.29. The second-order valence-electron chi connectivity index (χ2n) is 5.89. The van der Waals surface area contributed by atoms with E-state index in [2.05, 4.69) is 0 Å². The van der Waals surface area contributed by atoms with E-state index in [1.54, 1.807) is 19.1 Å². The van der Waals surface area contributed by atoms with Crippen LogP contribution >= 0.6 is 0 Å². The van der Waals surface area contributed by atoms with Crippen molar-refractivity contribution in [3.63, 3.8) is 0 Å². The molecule has 0 aliphatic heterocycles. The first-order valence-electron chi connectivity index (χ1n) is 8.29. The third kappa shape index (κ3) is 4.88. The van der Waals surface area contributed by atoms with Crippen molar-refractivity contribution in [1.82, 2.24) is 0 Å². The Labute approximate surface area is 142 Å². The molecule has 0 aromatic heterocycles. The van der Waals surface area contributed by atoms with Gasteiger partial charge in [-0.25, -0.2) is 0 Å². The van der Waals surface area contributed by atoms with E-state index in [0.29, 0.717) is 19.3 Å². The van der Waals surface area contributed by atoms with Crippen molar-refractivity contribution >= 4 is 17.4 Å². The van der Waals surface area contributed by atoms with Crippen molar-refractivity contribution in [1.29, 1.82) is 0 Å². The number of unbranched alkanes of at least 4 members (excludes halogenated alkanes) is 1. The maximum atomic E-state index is 12.4. The summed E-state index contributed by atoms with van der Waals surface area (Å²) in [7, 11) is 0. The third-order valence-electron chi connectivity index (χ3n) is 4.28. The lowest BCUT2D eigenvalue weighted by molar-refractivity contribution is -0.384. The molecule has 1 aromatic rings. The lowest BCUT2D eigenvalue weighted by atomic mass is 9.74. The summed E-state index contributed by atoms with van der Waals surface area (Å²) in [5.41, 5.74) is -0.256. The van der Waals surface area contributed by atoms with E-state index < -0.39 is 16.3 Å². The second kappa shape index (κ2) is 9.15. The molecule has 6 heteroatoms. The highest BCUT2D eigenvalue weighted by atomic mass is 16.6. The smallest absolute Gasteiger partial charge is 0.319 e. The van der Waals surface area contributed by atoms with Crippen molar-refractivity contribution in [2.24, 2.45) is 5.41 Å². The molecule has 0 saturated heterocycles. The number of ketones is 1. The van der Waals surface area contributed by atoms with Gasteiger partial charge >= 0.3 is 5.97 Å². The quantitative estimate of drug-likeness (QED) is 0.280. The number of nitrogens with zero attached hydrogens (tertiary/aromatic N) is 1. The highest BCUT2D eigenvalue weighted by Crippen LogP contribution is 2.34. The first kappa shape index (κ1) is 19.8. The van der Waals surface area contributed by atoms with Crippen LogP contribution in [-0.2, 0) is 20.7 Å². The number of hydrogen-bond acceptors (Lipinski definition) is 5. The van der Waals surface area contributed by atoms with Crippen LogP contribution in [-0.4, -0.2) is 23.3 Å². The molecule has 1 atom stereocenters. The van der Waals surface area contributed by atoms with Crippen molar-refractivity contribution < 1.29 is 19.2 Å². The molecule has 0 aliphatic rings. The zero-order valence-electron chi connectivity index (χ0n) is 14.5. The van der Waals surface area contributed by atoms with Gasteiger partial charge in [0.05, 0.1) is 11.5 Å². The van der Waals surface area contributed by atoms with Crippen LogP contribution in [0.15, 0.2) is 24.3 Å².